The van der Waals surface area contributed by atoms with Crippen LogP contribution >= 0.6 is 0 Å². The van der Waals surface area contributed by atoms with E-state index < -0.39 is 0 Å². The van der Waals surface area contributed by atoms with Crippen molar-refractivity contribution < 1.29 is 0 Å². The molecule has 4 heterocycles. The molecule has 9 nitrogen and oxygen atoms in total. The van der Waals surface area contributed by atoms with Gasteiger partial charge in [-0.1, -0.05) is 63.6 Å². The molecule has 280 valence electrons. The lowest BCUT2D eigenvalue weighted by Crippen LogP contribution is -2.33. The Morgan fingerprint density at radius 1 is 0.642 bits per heavy atom. The van der Waals surface area contributed by atoms with Crippen molar-refractivity contribution in [3.63, 3.8) is 0 Å². The van der Waals surface area contributed by atoms with Gasteiger partial charge in [-0.2, -0.15) is 0 Å². The predicted molar refractivity (Wildman–Crippen MR) is 217 cm³/mol. The predicted octanol–water partition coefficient (Wildman–Crippen LogP) is 9.24. The van der Waals surface area contributed by atoms with E-state index in [0.717, 1.165) is 98.5 Å². The van der Waals surface area contributed by atoms with Gasteiger partial charge in [0.15, 0.2) is 0 Å². The highest BCUT2D eigenvalue weighted by Gasteiger charge is 2.29. The monoisotopic (exact) mass is 713 g/mol. The van der Waals surface area contributed by atoms with Crippen LogP contribution in [0, 0.1) is 0 Å². The highest BCUT2D eigenvalue weighted by atomic mass is 15.2. The van der Waals surface area contributed by atoms with Crippen molar-refractivity contribution in [2.24, 2.45) is 5.73 Å². The number of para-hydroxylation sites is 4. The molecule has 2 atom stereocenters. The summed E-state index contributed by atoms with van der Waals surface area (Å²) in [5.41, 5.74) is 15.4. The highest BCUT2D eigenvalue weighted by Crippen LogP contribution is 2.35. The normalized spacial score (nSPS) is 16.6. The standard InChI is InChI=1S/C22H28N4.C21H27N5.CH4/c1-2-3-6-15-26(16-21-24-18-11-4-5-12-19(18)25-21)20-13-7-9-17-10-8-14-23-22(17)20;22-12-3-4-14-26(15-20-24-17-9-1-2-10-18(17)25-20)19-11-5-7-16-8-6-13-23-21(16)19;/h4-5,8,10-12,14,20H,2-3,6-7,9,13,15-16H2,1H3,(H,24,25);1-2,6,8-10,13,19H,3-5,7,11-12,14-15,22H2,(H,24,25);1H4/t20-;;/m0../s1. The van der Waals surface area contributed by atoms with Crippen molar-refractivity contribution in [3.05, 3.63) is 119 Å². The molecule has 0 bridgehead atoms. The molecule has 6 aromatic rings. The zero-order valence-electron chi connectivity index (χ0n) is 30.8. The molecule has 2 aliphatic rings. The summed E-state index contributed by atoms with van der Waals surface area (Å²) in [6.45, 7) is 6.82. The second-order valence-electron chi connectivity index (χ2n) is 14.5. The van der Waals surface area contributed by atoms with Crippen LogP contribution in [0.2, 0.25) is 0 Å². The first-order valence-electron chi connectivity index (χ1n) is 19.6. The molecule has 2 aromatic carbocycles. The maximum atomic E-state index is 5.72. The van der Waals surface area contributed by atoms with Crippen LogP contribution in [-0.2, 0) is 25.9 Å². The minimum atomic E-state index is 0. The number of imidazole rings is 2. The van der Waals surface area contributed by atoms with Crippen LogP contribution in [0.15, 0.2) is 85.2 Å². The lowest BCUT2D eigenvalue weighted by atomic mass is 9.90. The van der Waals surface area contributed by atoms with Gasteiger partial charge in [-0.25, -0.2) is 9.97 Å². The number of hydrogen-bond donors (Lipinski definition) is 3. The summed E-state index contributed by atoms with van der Waals surface area (Å²) >= 11 is 0. The van der Waals surface area contributed by atoms with Crippen molar-refractivity contribution in [2.75, 3.05) is 19.6 Å². The fraction of sp³-hybridized carbons (Fsp3) is 0.455. The first kappa shape index (κ1) is 38.3. The molecule has 2 aliphatic carbocycles. The number of nitrogens with zero attached hydrogens (tertiary/aromatic N) is 6. The molecule has 0 amide bonds. The molecule has 4 N–H and O–H groups in total. The summed E-state index contributed by atoms with van der Waals surface area (Å²) in [4.78, 5) is 31.2. The summed E-state index contributed by atoms with van der Waals surface area (Å²) in [6, 6.07) is 25.9. The lowest BCUT2D eigenvalue weighted by Gasteiger charge is -2.34. The molecule has 0 spiro atoms. The van der Waals surface area contributed by atoms with Gasteiger partial charge in [0.1, 0.15) is 11.6 Å². The van der Waals surface area contributed by atoms with E-state index in [1.165, 1.54) is 61.0 Å². The number of aromatic nitrogens is 6. The first-order valence-corrected chi connectivity index (χ1v) is 19.6. The molecule has 0 radical (unpaired) electrons. The van der Waals surface area contributed by atoms with E-state index in [0.29, 0.717) is 12.1 Å². The summed E-state index contributed by atoms with van der Waals surface area (Å²) in [5.74, 6) is 2.09. The molecular weight excluding hydrogens is 655 g/mol. The Balaban J connectivity index is 0.000000178. The first-order chi connectivity index (χ1) is 25.7. The summed E-state index contributed by atoms with van der Waals surface area (Å²) < 4.78 is 0. The van der Waals surface area contributed by atoms with Gasteiger partial charge in [0.2, 0.25) is 0 Å². The zero-order valence-corrected chi connectivity index (χ0v) is 30.8. The number of benzene rings is 2. The topological polar surface area (TPSA) is 116 Å². The molecule has 4 aromatic heterocycles. The molecule has 8 rings (SSSR count). The van der Waals surface area contributed by atoms with Gasteiger partial charge >= 0.3 is 0 Å². The molecule has 0 saturated heterocycles. The van der Waals surface area contributed by atoms with E-state index >= 15 is 0 Å². The molecule has 53 heavy (non-hydrogen) atoms. The van der Waals surface area contributed by atoms with Crippen LogP contribution in [0.4, 0.5) is 0 Å². The molecule has 9 heteroatoms. The van der Waals surface area contributed by atoms with E-state index in [1.807, 2.05) is 30.6 Å². The van der Waals surface area contributed by atoms with Gasteiger partial charge in [-0.15, -0.1) is 0 Å². The van der Waals surface area contributed by atoms with E-state index in [2.05, 4.69) is 81.3 Å². The number of H-pyrrole nitrogens is 2. The largest absolute Gasteiger partial charge is 0.341 e. The van der Waals surface area contributed by atoms with Crippen LogP contribution in [0.25, 0.3) is 22.1 Å². The van der Waals surface area contributed by atoms with Gasteiger partial charge in [-0.3, -0.25) is 19.8 Å². The van der Waals surface area contributed by atoms with Crippen LogP contribution in [0.1, 0.15) is 118 Å². The van der Waals surface area contributed by atoms with Gasteiger partial charge < -0.3 is 15.7 Å². The summed E-state index contributed by atoms with van der Waals surface area (Å²) in [6.07, 6.45) is 16.9. The summed E-state index contributed by atoms with van der Waals surface area (Å²) in [7, 11) is 0. The van der Waals surface area contributed by atoms with Crippen molar-refractivity contribution in [2.45, 2.75) is 110 Å². The number of rotatable bonds is 14. The number of nitrogens with two attached hydrogens (primary N) is 1. The number of fused-ring (bicyclic) bond motifs is 4. The molecule has 1 unspecified atom stereocenters. The molecular formula is C44H59N9. The van der Waals surface area contributed by atoms with Crippen LogP contribution < -0.4 is 5.73 Å². The Bertz CT molecular complexity index is 1790. The van der Waals surface area contributed by atoms with Crippen molar-refractivity contribution in [1.82, 2.24) is 39.7 Å². The Kier molecular flexibility index (Phi) is 13.8. The number of aromatic amines is 2. The summed E-state index contributed by atoms with van der Waals surface area (Å²) in [5, 5.41) is 0. The molecule has 0 aliphatic heterocycles. The van der Waals surface area contributed by atoms with Crippen LogP contribution in [-0.4, -0.2) is 59.3 Å². The second-order valence-corrected chi connectivity index (χ2v) is 14.5. The maximum absolute atomic E-state index is 5.72. The van der Waals surface area contributed by atoms with Crippen molar-refractivity contribution in [1.29, 1.82) is 0 Å². The molecule has 0 saturated carbocycles. The SMILES string of the molecule is C.CCCCCN(Cc1nc2ccccc2[nH]1)[C@H]1CCCc2cccnc21.NCCCCN(Cc1nc2ccccc2[nH]1)C1CCCc2cccnc21. The van der Waals surface area contributed by atoms with Gasteiger partial charge in [-0.05, 0) is 125 Å². The van der Waals surface area contributed by atoms with Crippen LogP contribution in [0.5, 0.6) is 0 Å². The van der Waals surface area contributed by atoms with Crippen LogP contribution in [0.3, 0.4) is 0 Å². The van der Waals surface area contributed by atoms with E-state index in [1.54, 1.807) is 0 Å². The van der Waals surface area contributed by atoms with Gasteiger partial charge in [0, 0.05) is 12.4 Å². The lowest BCUT2D eigenvalue weighted by molar-refractivity contribution is 0.159. The van der Waals surface area contributed by atoms with Gasteiger partial charge in [0.25, 0.3) is 0 Å². The third-order valence-corrected chi connectivity index (χ3v) is 10.7. The number of hydrogen-bond acceptors (Lipinski definition) is 7. The third-order valence-electron chi connectivity index (χ3n) is 10.7. The van der Waals surface area contributed by atoms with Gasteiger partial charge in [0.05, 0.1) is 58.6 Å². The average molecular weight is 714 g/mol. The minimum Gasteiger partial charge on any atom is -0.341 e. The fourth-order valence-corrected chi connectivity index (χ4v) is 8.14. The van der Waals surface area contributed by atoms with E-state index in [-0.39, 0.29) is 7.43 Å². The number of pyridine rings is 2. The number of nitrogens with one attached hydrogen (secondary N) is 2. The van der Waals surface area contributed by atoms with E-state index in [4.69, 9.17) is 25.7 Å². The Labute approximate surface area is 315 Å². The maximum Gasteiger partial charge on any atom is 0.121 e. The van der Waals surface area contributed by atoms with Crippen molar-refractivity contribution in [3.8, 4) is 0 Å². The molecule has 0 fully saturated rings. The fourth-order valence-electron chi connectivity index (χ4n) is 8.14. The van der Waals surface area contributed by atoms with E-state index in [9.17, 15) is 0 Å². The highest BCUT2D eigenvalue weighted by molar-refractivity contribution is 5.75. The number of aryl methyl sites for hydroxylation is 2. The quantitative estimate of drug-likeness (QED) is 0.0964. The number of unbranched alkanes of at least 4 members (excludes halogenated alkanes) is 3. The Morgan fingerprint density at radius 3 is 1.60 bits per heavy atom. The minimum absolute atomic E-state index is 0. The average Bonchev–Trinajstić information content (AvgIpc) is 3.80. The Morgan fingerprint density at radius 2 is 1.13 bits per heavy atom. The third kappa shape index (κ3) is 9.57. The Hall–Kier alpha value is -4.44. The second kappa shape index (κ2) is 19.1. The smallest absolute Gasteiger partial charge is 0.121 e. The zero-order chi connectivity index (χ0) is 35.5. The van der Waals surface area contributed by atoms with Crippen molar-refractivity contribution >= 4 is 22.1 Å².